The number of aryl methyl sites for hydroxylation is 4. The van der Waals surface area contributed by atoms with Gasteiger partial charge in [0.15, 0.2) is 0 Å². The Morgan fingerprint density at radius 2 is 1.95 bits per heavy atom. The SMILES string of the molecule is CCOC(=O)c1c(CCCOc2cccc3cc(F)ccc23)c2cccc3c2n1CCCCOCc1c-3c(C)nn1C. The van der Waals surface area contributed by atoms with Crippen LogP contribution < -0.4 is 4.74 Å². The fourth-order valence-electron chi connectivity index (χ4n) is 6.24. The topological polar surface area (TPSA) is 67.5 Å². The number of hydrogen-bond acceptors (Lipinski definition) is 5. The van der Waals surface area contributed by atoms with Crippen molar-refractivity contribution < 1.29 is 23.4 Å². The van der Waals surface area contributed by atoms with Gasteiger partial charge in [0.25, 0.3) is 0 Å². The minimum atomic E-state index is -0.305. The van der Waals surface area contributed by atoms with Crippen LogP contribution in [0.5, 0.6) is 5.75 Å². The lowest BCUT2D eigenvalue weighted by molar-refractivity contribution is 0.0512. The van der Waals surface area contributed by atoms with Gasteiger partial charge in [-0.2, -0.15) is 5.10 Å². The zero-order valence-electron chi connectivity index (χ0n) is 24.4. The summed E-state index contributed by atoms with van der Waals surface area (Å²) in [6, 6.07) is 16.7. The Kier molecular flexibility index (Phi) is 7.98. The first kappa shape index (κ1) is 28.0. The Labute approximate surface area is 244 Å². The van der Waals surface area contributed by atoms with Crippen molar-refractivity contribution in [2.45, 2.75) is 52.7 Å². The number of hydrogen-bond donors (Lipinski definition) is 0. The van der Waals surface area contributed by atoms with Gasteiger partial charge in [-0.25, -0.2) is 9.18 Å². The summed E-state index contributed by atoms with van der Waals surface area (Å²) in [7, 11) is 1.95. The average Bonchev–Trinajstić information content (AvgIpc) is 3.43. The van der Waals surface area contributed by atoms with Crippen LogP contribution in [0.15, 0.2) is 54.6 Å². The van der Waals surface area contributed by atoms with Gasteiger partial charge in [-0.15, -0.1) is 0 Å². The van der Waals surface area contributed by atoms with Crippen LogP contribution in [-0.4, -0.2) is 40.1 Å². The first-order valence-electron chi connectivity index (χ1n) is 14.7. The lowest BCUT2D eigenvalue weighted by atomic mass is 9.98. The van der Waals surface area contributed by atoms with Gasteiger partial charge in [0.1, 0.15) is 17.3 Å². The number of esters is 1. The largest absolute Gasteiger partial charge is 0.493 e. The molecule has 42 heavy (non-hydrogen) atoms. The Morgan fingerprint density at radius 3 is 2.81 bits per heavy atom. The molecule has 6 rings (SSSR count). The highest BCUT2D eigenvalue weighted by molar-refractivity contribution is 6.05. The summed E-state index contributed by atoms with van der Waals surface area (Å²) in [5, 5.41) is 7.45. The number of halogens is 1. The average molecular weight is 570 g/mol. The van der Waals surface area contributed by atoms with E-state index >= 15 is 0 Å². The molecule has 3 heterocycles. The second kappa shape index (κ2) is 12.0. The summed E-state index contributed by atoms with van der Waals surface area (Å²) in [6.45, 7) is 6.43. The van der Waals surface area contributed by atoms with Crippen molar-refractivity contribution in [1.82, 2.24) is 14.3 Å². The number of fused-ring (bicyclic) bond motifs is 3. The van der Waals surface area contributed by atoms with Crippen LogP contribution in [0, 0.1) is 12.7 Å². The number of nitrogens with zero attached hydrogens (tertiary/aromatic N) is 3. The molecule has 0 fully saturated rings. The van der Waals surface area contributed by atoms with Gasteiger partial charge in [-0.3, -0.25) is 4.68 Å². The number of aromatic nitrogens is 3. The molecule has 8 heteroatoms. The molecule has 1 aliphatic heterocycles. The quantitative estimate of drug-likeness (QED) is 0.154. The van der Waals surface area contributed by atoms with Gasteiger partial charge in [-0.1, -0.05) is 30.3 Å². The van der Waals surface area contributed by atoms with Gasteiger partial charge in [0, 0.05) is 42.1 Å². The van der Waals surface area contributed by atoms with E-state index in [0.717, 1.165) is 68.3 Å². The van der Waals surface area contributed by atoms with Gasteiger partial charge in [0.2, 0.25) is 0 Å². The summed E-state index contributed by atoms with van der Waals surface area (Å²) >= 11 is 0. The molecular formula is C34H36FN3O4. The van der Waals surface area contributed by atoms with Crippen molar-refractivity contribution in [1.29, 1.82) is 0 Å². The summed E-state index contributed by atoms with van der Waals surface area (Å²) in [5.41, 5.74) is 6.69. The molecule has 0 saturated carbocycles. The molecule has 5 aromatic rings. The molecule has 0 spiro atoms. The molecule has 0 saturated heterocycles. The predicted molar refractivity (Wildman–Crippen MR) is 161 cm³/mol. The number of carbonyl (C=O) groups is 1. The van der Waals surface area contributed by atoms with E-state index in [0.29, 0.717) is 51.5 Å². The first-order valence-corrected chi connectivity index (χ1v) is 14.7. The second-order valence-corrected chi connectivity index (χ2v) is 10.8. The maximum absolute atomic E-state index is 13.7. The molecule has 2 aromatic heterocycles. The summed E-state index contributed by atoms with van der Waals surface area (Å²) < 4.78 is 35.7. The number of para-hydroxylation sites is 1. The van der Waals surface area contributed by atoms with Gasteiger partial charge < -0.3 is 18.8 Å². The van der Waals surface area contributed by atoms with Crippen LogP contribution in [0.3, 0.4) is 0 Å². The summed E-state index contributed by atoms with van der Waals surface area (Å²) in [6.07, 6.45) is 3.09. The third kappa shape index (κ3) is 5.15. The van der Waals surface area contributed by atoms with E-state index in [1.807, 2.05) is 43.8 Å². The molecule has 1 aliphatic rings. The highest BCUT2D eigenvalue weighted by atomic mass is 19.1. The molecule has 0 N–H and O–H groups in total. The molecule has 0 amide bonds. The molecule has 218 valence electrons. The van der Waals surface area contributed by atoms with Crippen LogP contribution in [0.1, 0.15) is 53.6 Å². The van der Waals surface area contributed by atoms with Crippen LogP contribution in [-0.2, 0) is 36.1 Å². The third-order valence-electron chi connectivity index (χ3n) is 8.06. The summed E-state index contributed by atoms with van der Waals surface area (Å²) in [5.74, 6) is 0.147. The molecular weight excluding hydrogens is 533 g/mol. The molecule has 0 atom stereocenters. The van der Waals surface area contributed by atoms with Crippen LogP contribution >= 0.6 is 0 Å². The standard InChI is InChI=1S/C34H36FN3O4/c1-4-41-34(39)33-27(13-9-19-42-30-14-7-10-23-20-24(35)15-16-25(23)30)26-11-8-12-28-31-22(2)36-37(3)29(31)21-40-18-6-5-17-38(33)32(26)28/h7-8,10-12,14-16,20H,4-6,9,13,17-19,21H2,1-3H3. The fourth-order valence-corrected chi connectivity index (χ4v) is 6.24. The van der Waals surface area contributed by atoms with E-state index in [1.165, 1.54) is 12.1 Å². The van der Waals surface area contributed by atoms with Gasteiger partial charge in [-0.05, 0) is 74.7 Å². The number of ether oxygens (including phenoxy) is 3. The van der Waals surface area contributed by atoms with Crippen molar-refractivity contribution in [3.8, 4) is 16.9 Å². The third-order valence-corrected chi connectivity index (χ3v) is 8.06. The zero-order valence-corrected chi connectivity index (χ0v) is 24.4. The smallest absolute Gasteiger partial charge is 0.355 e. The Hall–Kier alpha value is -4.17. The maximum Gasteiger partial charge on any atom is 0.355 e. The van der Waals surface area contributed by atoms with E-state index < -0.39 is 0 Å². The highest BCUT2D eigenvalue weighted by Crippen LogP contribution is 2.39. The van der Waals surface area contributed by atoms with Crippen molar-refractivity contribution in [3.05, 3.63) is 83.1 Å². The minimum absolute atomic E-state index is 0.269. The molecule has 3 aromatic carbocycles. The van der Waals surface area contributed by atoms with E-state index in [4.69, 9.17) is 19.3 Å². The minimum Gasteiger partial charge on any atom is -0.493 e. The van der Waals surface area contributed by atoms with Gasteiger partial charge in [0.05, 0.1) is 36.7 Å². The highest BCUT2D eigenvalue weighted by Gasteiger charge is 2.28. The fraction of sp³-hybridized carbons (Fsp3) is 0.353. The number of rotatable bonds is 7. The lowest BCUT2D eigenvalue weighted by Crippen LogP contribution is -2.15. The van der Waals surface area contributed by atoms with Gasteiger partial charge >= 0.3 is 5.97 Å². The normalized spacial score (nSPS) is 13.6. The zero-order chi connectivity index (χ0) is 29.2. The Balaban J connectivity index is 1.40. The van der Waals surface area contributed by atoms with Crippen molar-refractivity contribution in [2.24, 2.45) is 7.05 Å². The molecule has 0 radical (unpaired) electrons. The van der Waals surface area contributed by atoms with Crippen molar-refractivity contribution >= 4 is 27.6 Å². The predicted octanol–water partition coefficient (Wildman–Crippen LogP) is 7.14. The van der Waals surface area contributed by atoms with E-state index in [1.54, 1.807) is 6.07 Å². The van der Waals surface area contributed by atoms with E-state index in [2.05, 4.69) is 22.8 Å². The maximum atomic E-state index is 13.7. The molecule has 7 nitrogen and oxygen atoms in total. The Morgan fingerprint density at radius 1 is 1.10 bits per heavy atom. The second-order valence-electron chi connectivity index (χ2n) is 10.8. The lowest BCUT2D eigenvalue weighted by Gasteiger charge is -2.13. The van der Waals surface area contributed by atoms with Crippen molar-refractivity contribution in [2.75, 3.05) is 19.8 Å². The van der Waals surface area contributed by atoms with Crippen LogP contribution in [0.4, 0.5) is 4.39 Å². The van der Waals surface area contributed by atoms with Crippen LogP contribution in [0.25, 0.3) is 32.8 Å². The molecule has 0 bridgehead atoms. The van der Waals surface area contributed by atoms with Crippen LogP contribution in [0.2, 0.25) is 0 Å². The molecule has 0 unspecified atom stereocenters. The summed E-state index contributed by atoms with van der Waals surface area (Å²) in [4.78, 5) is 13.6. The number of carbonyl (C=O) groups excluding carboxylic acids is 1. The molecule has 0 aliphatic carbocycles. The monoisotopic (exact) mass is 569 g/mol. The Bertz CT molecular complexity index is 1770. The first-order chi connectivity index (χ1) is 20.5. The van der Waals surface area contributed by atoms with Crippen molar-refractivity contribution in [3.63, 3.8) is 0 Å². The van der Waals surface area contributed by atoms with E-state index in [9.17, 15) is 9.18 Å². The van der Waals surface area contributed by atoms with E-state index in [-0.39, 0.29) is 11.8 Å². The number of benzene rings is 3.